The lowest BCUT2D eigenvalue weighted by Crippen LogP contribution is -2.30. The minimum absolute atomic E-state index is 0.0739. The van der Waals surface area contributed by atoms with Gasteiger partial charge in [-0.1, -0.05) is 13.3 Å². The van der Waals surface area contributed by atoms with Gasteiger partial charge < -0.3 is 10.6 Å². The SMILES string of the molecule is CCCc1cc(C(=O)N(CC)c2ccncc2)cc(N)n1. The van der Waals surface area contributed by atoms with Gasteiger partial charge in [0.05, 0.1) is 0 Å². The van der Waals surface area contributed by atoms with Gasteiger partial charge in [0.15, 0.2) is 0 Å². The lowest BCUT2D eigenvalue weighted by atomic mass is 10.1. The molecule has 1 amide bonds. The van der Waals surface area contributed by atoms with E-state index in [-0.39, 0.29) is 5.91 Å². The number of anilines is 2. The molecule has 0 saturated heterocycles. The summed E-state index contributed by atoms with van der Waals surface area (Å²) in [6, 6.07) is 7.09. The van der Waals surface area contributed by atoms with E-state index in [2.05, 4.69) is 16.9 Å². The maximum Gasteiger partial charge on any atom is 0.258 e. The van der Waals surface area contributed by atoms with E-state index in [4.69, 9.17) is 5.73 Å². The first-order valence-corrected chi connectivity index (χ1v) is 7.14. The molecule has 0 fully saturated rings. The molecule has 0 aliphatic heterocycles. The number of carbonyl (C=O) groups is 1. The lowest BCUT2D eigenvalue weighted by molar-refractivity contribution is 0.0988. The maximum absolute atomic E-state index is 12.7. The fraction of sp³-hybridized carbons (Fsp3) is 0.312. The van der Waals surface area contributed by atoms with Crippen molar-refractivity contribution in [3.05, 3.63) is 47.9 Å². The molecule has 21 heavy (non-hydrogen) atoms. The van der Waals surface area contributed by atoms with Gasteiger partial charge in [-0.05, 0) is 37.6 Å². The van der Waals surface area contributed by atoms with Crippen LogP contribution in [-0.2, 0) is 6.42 Å². The fourth-order valence-corrected chi connectivity index (χ4v) is 2.24. The summed E-state index contributed by atoms with van der Waals surface area (Å²) in [6.07, 6.45) is 5.13. The van der Waals surface area contributed by atoms with Crippen LogP contribution in [0.15, 0.2) is 36.7 Å². The molecule has 0 aliphatic carbocycles. The van der Waals surface area contributed by atoms with Gasteiger partial charge in [0.1, 0.15) is 5.82 Å². The number of carbonyl (C=O) groups excluding carboxylic acids is 1. The van der Waals surface area contributed by atoms with Gasteiger partial charge >= 0.3 is 0 Å². The van der Waals surface area contributed by atoms with Gasteiger partial charge in [-0.3, -0.25) is 9.78 Å². The van der Waals surface area contributed by atoms with Gasteiger partial charge in [0.25, 0.3) is 5.91 Å². The largest absolute Gasteiger partial charge is 0.384 e. The highest BCUT2D eigenvalue weighted by Crippen LogP contribution is 2.18. The normalized spacial score (nSPS) is 10.4. The smallest absolute Gasteiger partial charge is 0.258 e. The Morgan fingerprint density at radius 3 is 2.57 bits per heavy atom. The van der Waals surface area contributed by atoms with Crippen LogP contribution in [0.5, 0.6) is 0 Å². The van der Waals surface area contributed by atoms with E-state index >= 15 is 0 Å². The van der Waals surface area contributed by atoms with Crippen molar-refractivity contribution in [2.24, 2.45) is 0 Å². The Kier molecular flexibility index (Phi) is 4.87. The molecule has 2 aromatic heterocycles. The second-order valence-corrected chi connectivity index (χ2v) is 4.78. The van der Waals surface area contributed by atoms with E-state index in [1.54, 1.807) is 23.4 Å². The number of nitrogen functional groups attached to an aromatic ring is 1. The van der Waals surface area contributed by atoms with Crippen LogP contribution >= 0.6 is 0 Å². The predicted molar refractivity (Wildman–Crippen MR) is 84.2 cm³/mol. The maximum atomic E-state index is 12.7. The van der Waals surface area contributed by atoms with E-state index in [0.717, 1.165) is 24.2 Å². The Morgan fingerprint density at radius 2 is 1.95 bits per heavy atom. The zero-order valence-electron chi connectivity index (χ0n) is 12.4. The number of aromatic nitrogens is 2. The van der Waals surface area contributed by atoms with E-state index in [9.17, 15) is 4.79 Å². The highest BCUT2D eigenvalue weighted by molar-refractivity contribution is 6.06. The van der Waals surface area contributed by atoms with E-state index in [1.807, 2.05) is 25.1 Å². The van der Waals surface area contributed by atoms with Gasteiger partial charge in [0, 0.05) is 35.9 Å². The van der Waals surface area contributed by atoms with E-state index in [0.29, 0.717) is 17.9 Å². The molecule has 0 bridgehead atoms. The van der Waals surface area contributed by atoms with Crippen molar-refractivity contribution in [3.63, 3.8) is 0 Å². The van der Waals surface area contributed by atoms with Crippen molar-refractivity contribution in [1.82, 2.24) is 9.97 Å². The standard InChI is InChI=1S/C16H20N4O/c1-3-5-13-10-12(11-15(17)19-13)16(21)20(4-2)14-6-8-18-9-7-14/h6-11H,3-5H2,1-2H3,(H2,17,19). The molecular formula is C16H20N4O. The summed E-state index contributed by atoms with van der Waals surface area (Å²) in [7, 11) is 0. The van der Waals surface area contributed by atoms with Gasteiger partial charge in [-0.15, -0.1) is 0 Å². The highest BCUT2D eigenvalue weighted by Gasteiger charge is 2.17. The third kappa shape index (κ3) is 3.56. The topological polar surface area (TPSA) is 72.1 Å². The third-order valence-electron chi connectivity index (χ3n) is 3.19. The first-order chi connectivity index (χ1) is 10.2. The molecule has 0 aliphatic rings. The van der Waals surface area contributed by atoms with Crippen molar-refractivity contribution in [2.45, 2.75) is 26.7 Å². The van der Waals surface area contributed by atoms with E-state index < -0.39 is 0 Å². The summed E-state index contributed by atoms with van der Waals surface area (Å²) in [5.74, 6) is 0.310. The number of hydrogen-bond donors (Lipinski definition) is 1. The van der Waals surface area contributed by atoms with Gasteiger partial charge in [0.2, 0.25) is 0 Å². The van der Waals surface area contributed by atoms with Crippen LogP contribution in [0.3, 0.4) is 0 Å². The Labute approximate surface area is 124 Å². The zero-order valence-corrected chi connectivity index (χ0v) is 12.4. The number of rotatable bonds is 5. The summed E-state index contributed by atoms with van der Waals surface area (Å²) in [4.78, 5) is 22.6. The molecule has 0 radical (unpaired) electrons. The Morgan fingerprint density at radius 1 is 1.24 bits per heavy atom. The molecule has 110 valence electrons. The average Bonchev–Trinajstić information content (AvgIpc) is 2.49. The number of hydrogen-bond acceptors (Lipinski definition) is 4. The Bertz CT molecular complexity index is 613. The van der Waals surface area contributed by atoms with Crippen LogP contribution < -0.4 is 10.6 Å². The molecule has 2 N–H and O–H groups in total. The van der Waals surface area contributed by atoms with Crippen molar-refractivity contribution in [1.29, 1.82) is 0 Å². The Hall–Kier alpha value is -2.43. The first-order valence-electron chi connectivity index (χ1n) is 7.14. The van der Waals surface area contributed by atoms with Crippen molar-refractivity contribution >= 4 is 17.4 Å². The molecule has 2 aromatic rings. The highest BCUT2D eigenvalue weighted by atomic mass is 16.2. The van der Waals surface area contributed by atoms with Crippen molar-refractivity contribution in [3.8, 4) is 0 Å². The summed E-state index contributed by atoms with van der Waals surface area (Å²) < 4.78 is 0. The number of amides is 1. The molecule has 0 unspecified atom stereocenters. The monoisotopic (exact) mass is 284 g/mol. The van der Waals surface area contributed by atoms with Crippen LogP contribution in [0.1, 0.15) is 36.3 Å². The molecule has 2 heterocycles. The average molecular weight is 284 g/mol. The van der Waals surface area contributed by atoms with Crippen molar-refractivity contribution < 1.29 is 4.79 Å². The lowest BCUT2D eigenvalue weighted by Gasteiger charge is -2.21. The minimum Gasteiger partial charge on any atom is -0.384 e. The summed E-state index contributed by atoms with van der Waals surface area (Å²) in [5, 5.41) is 0. The second-order valence-electron chi connectivity index (χ2n) is 4.78. The minimum atomic E-state index is -0.0739. The van der Waals surface area contributed by atoms with Crippen LogP contribution in [0.25, 0.3) is 0 Å². The summed E-state index contributed by atoms with van der Waals surface area (Å²) in [5.41, 5.74) is 8.07. The zero-order chi connectivity index (χ0) is 15.2. The van der Waals surface area contributed by atoms with Crippen LogP contribution in [0.2, 0.25) is 0 Å². The summed E-state index contributed by atoms with van der Waals surface area (Å²) in [6.45, 7) is 4.59. The molecule has 0 saturated carbocycles. The number of nitrogens with two attached hydrogens (primary N) is 1. The molecule has 2 rings (SSSR count). The van der Waals surface area contributed by atoms with Crippen LogP contribution in [-0.4, -0.2) is 22.4 Å². The predicted octanol–water partition coefficient (Wildman–Crippen LogP) is 2.68. The fourth-order valence-electron chi connectivity index (χ4n) is 2.24. The Balaban J connectivity index is 2.34. The molecule has 5 nitrogen and oxygen atoms in total. The molecular weight excluding hydrogens is 264 g/mol. The van der Waals surface area contributed by atoms with Crippen LogP contribution in [0.4, 0.5) is 11.5 Å². The molecule has 0 atom stereocenters. The third-order valence-corrected chi connectivity index (χ3v) is 3.19. The first kappa shape index (κ1) is 15.0. The van der Waals surface area contributed by atoms with E-state index in [1.165, 1.54) is 0 Å². The quantitative estimate of drug-likeness (QED) is 0.916. The molecule has 0 aromatic carbocycles. The number of pyridine rings is 2. The summed E-state index contributed by atoms with van der Waals surface area (Å²) >= 11 is 0. The number of nitrogens with zero attached hydrogens (tertiary/aromatic N) is 3. The van der Waals surface area contributed by atoms with Gasteiger partial charge in [-0.2, -0.15) is 0 Å². The number of aryl methyl sites for hydroxylation is 1. The second kappa shape index (κ2) is 6.83. The molecule has 5 heteroatoms. The van der Waals surface area contributed by atoms with Crippen molar-refractivity contribution in [2.75, 3.05) is 17.2 Å². The van der Waals surface area contributed by atoms with Gasteiger partial charge in [-0.25, -0.2) is 4.98 Å². The molecule has 0 spiro atoms. The van der Waals surface area contributed by atoms with Crippen LogP contribution in [0, 0.1) is 0 Å².